The monoisotopic (exact) mass is 294 g/mol. The van der Waals surface area contributed by atoms with Crippen molar-refractivity contribution in [3.63, 3.8) is 0 Å². The Bertz CT molecular complexity index is 850. The van der Waals surface area contributed by atoms with E-state index in [4.69, 9.17) is 10.00 Å². The van der Waals surface area contributed by atoms with Gasteiger partial charge in [0.2, 0.25) is 0 Å². The van der Waals surface area contributed by atoms with Crippen molar-refractivity contribution in [3.05, 3.63) is 58.9 Å². The topological polar surface area (TPSA) is 62.1 Å². The summed E-state index contributed by atoms with van der Waals surface area (Å²) >= 11 is 0. The zero-order valence-electron chi connectivity index (χ0n) is 11.7. The van der Waals surface area contributed by atoms with Crippen LogP contribution < -0.4 is 10.1 Å². The van der Waals surface area contributed by atoms with Crippen molar-refractivity contribution in [1.29, 1.82) is 5.26 Å². The molecule has 0 saturated heterocycles. The first-order valence-corrected chi connectivity index (χ1v) is 6.53. The zero-order chi connectivity index (χ0) is 15.7. The van der Waals surface area contributed by atoms with E-state index in [0.717, 1.165) is 0 Å². The van der Waals surface area contributed by atoms with Gasteiger partial charge in [-0.2, -0.15) is 5.26 Å². The van der Waals surface area contributed by atoms with Crippen molar-refractivity contribution in [2.24, 2.45) is 0 Å². The summed E-state index contributed by atoms with van der Waals surface area (Å²) in [5.41, 5.74) is 2.30. The van der Waals surface area contributed by atoms with E-state index in [1.807, 2.05) is 0 Å². The summed E-state index contributed by atoms with van der Waals surface area (Å²) in [5, 5.41) is 11.5. The number of nitrogens with one attached hydrogen (secondary N) is 1. The van der Waals surface area contributed by atoms with Crippen LogP contribution in [0.3, 0.4) is 0 Å². The van der Waals surface area contributed by atoms with Gasteiger partial charge in [0.1, 0.15) is 17.6 Å². The molecule has 108 valence electrons. The number of nitrogens with zero attached hydrogens (tertiary/aromatic N) is 1. The quantitative estimate of drug-likeness (QED) is 0.865. The molecule has 0 aliphatic carbocycles. The minimum absolute atomic E-state index is 0.0277. The molecule has 5 heteroatoms. The first-order chi connectivity index (χ1) is 10.6. The highest BCUT2D eigenvalue weighted by Crippen LogP contribution is 2.35. The number of rotatable bonds is 2. The number of anilines is 1. The number of halogens is 1. The average Bonchev–Trinajstić information content (AvgIpc) is 2.83. The molecular formula is C17H11FN2O2. The van der Waals surface area contributed by atoms with Crippen LogP contribution in [-0.4, -0.2) is 13.0 Å². The third kappa shape index (κ3) is 2.31. The molecule has 1 aliphatic heterocycles. The molecule has 1 heterocycles. The van der Waals surface area contributed by atoms with E-state index >= 15 is 0 Å². The Balaban J connectivity index is 2.07. The summed E-state index contributed by atoms with van der Waals surface area (Å²) in [5.74, 6) is -0.235. The lowest BCUT2D eigenvalue weighted by atomic mass is 10.0. The predicted molar refractivity (Wildman–Crippen MR) is 80.6 cm³/mol. The number of hydrogen-bond donors (Lipinski definition) is 1. The molecule has 2 aromatic carbocycles. The number of benzene rings is 2. The lowest BCUT2D eigenvalue weighted by Crippen LogP contribution is -2.03. The molecule has 0 radical (unpaired) electrons. The molecule has 1 amide bonds. The smallest absolute Gasteiger partial charge is 0.256 e. The van der Waals surface area contributed by atoms with Crippen LogP contribution in [0.25, 0.3) is 11.6 Å². The normalized spacial score (nSPS) is 14.4. The van der Waals surface area contributed by atoms with E-state index < -0.39 is 5.82 Å². The van der Waals surface area contributed by atoms with E-state index in [1.54, 1.807) is 43.5 Å². The van der Waals surface area contributed by atoms with Crippen molar-refractivity contribution in [1.82, 2.24) is 0 Å². The molecule has 1 aliphatic rings. The zero-order valence-corrected chi connectivity index (χ0v) is 11.7. The van der Waals surface area contributed by atoms with E-state index in [0.29, 0.717) is 28.1 Å². The van der Waals surface area contributed by atoms with E-state index in [9.17, 15) is 9.18 Å². The number of nitriles is 1. The number of methoxy groups -OCH3 is 1. The van der Waals surface area contributed by atoms with Crippen LogP contribution in [0.4, 0.5) is 10.1 Å². The van der Waals surface area contributed by atoms with Gasteiger partial charge >= 0.3 is 0 Å². The number of ether oxygens (including phenoxy) is 1. The summed E-state index contributed by atoms with van der Waals surface area (Å²) in [4.78, 5) is 12.1. The van der Waals surface area contributed by atoms with E-state index in [2.05, 4.69) is 5.32 Å². The van der Waals surface area contributed by atoms with Gasteiger partial charge in [0.15, 0.2) is 0 Å². The molecule has 0 atom stereocenters. The fraction of sp³-hybridized carbons (Fsp3) is 0.0588. The van der Waals surface area contributed by atoms with Crippen molar-refractivity contribution >= 4 is 23.2 Å². The van der Waals surface area contributed by atoms with Crippen LogP contribution in [-0.2, 0) is 4.79 Å². The first kappa shape index (κ1) is 13.8. The van der Waals surface area contributed by atoms with Crippen LogP contribution in [0.1, 0.15) is 16.7 Å². The molecule has 0 aromatic heterocycles. The van der Waals surface area contributed by atoms with Crippen LogP contribution in [0.15, 0.2) is 36.4 Å². The summed E-state index contributed by atoms with van der Waals surface area (Å²) in [6.07, 6.45) is 1.59. The SMILES string of the molecule is COc1ccc2c(c1)/C(=C\c1ccc(C#N)c(F)c1)C(=O)N2. The van der Waals surface area contributed by atoms with Crippen molar-refractivity contribution < 1.29 is 13.9 Å². The molecule has 2 aromatic rings. The first-order valence-electron chi connectivity index (χ1n) is 6.53. The van der Waals surface area contributed by atoms with E-state index in [1.165, 1.54) is 12.1 Å². The second-order valence-corrected chi connectivity index (χ2v) is 4.77. The minimum atomic E-state index is -0.610. The average molecular weight is 294 g/mol. The highest BCUT2D eigenvalue weighted by Gasteiger charge is 2.24. The second kappa shape index (κ2) is 5.34. The van der Waals surface area contributed by atoms with Crippen LogP contribution in [0.2, 0.25) is 0 Å². The maximum absolute atomic E-state index is 13.7. The fourth-order valence-electron chi connectivity index (χ4n) is 2.32. The highest BCUT2D eigenvalue weighted by molar-refractivity contribution is 6.35. The van der Waals surface area contributed by atoms with Gasteiger partial charge in [-0.25, -0.2) is 4.39 Å². The molecule has 0 bridgehead atoms. The Morgan fingerprint density at radius 1 is 1.27 bits per heavy atom. The minimum Gasteiger partial charge on any atom is -0.497 e. The number of hydrogen-bond acceptors (Lipinski definition) is 3. The molecule has 0 unspecified atom stereocenters. The van der Waals surface area contributed by atoms with Gasteiger partial charge in [-0.3, -0.25) is 4.79 Å². The van der Waals surface area contributed by atoms with Gasteiger partial charge in [0, 0.05) is 16.8 Å². The molecule has 22 heavy (non-hydrogen) atoms. The molecular weight excluding hydrogens is 283 g/mol. The van der Waals surface area contributed by atoms with Crippen molar-refractivity contribution in [3.8, 4) is 11.8 Å². The van der Waals surface area contributed by atoms with Gasteiger partial charge < -0.3 is 10.1 Å². The fourth-order valence-corrected chi connectivity index (χ4v) is 2.32. The van der Waals surface area contributed by atoms with Gasteiger partial charge in [0.25, 0.3) is 5.91 Å². The molecule has 0 spiro atoms. The van der Waals surface area contributed by atoms with Crippen LogP contribution in [0.5, 0.6) is 5.75 Å². The van der Waals surface area contributed by atoms with Gasteiger partial charge in [-0.1, -0.05) is 6.07 Å². The number of amides is 1. The number of carbonyl (C=O) groups excluding carboxylic acids is 1. The maximum atomic E-state index is 13.7. The Labute approximate surface area is 126 Å². The summed E-state index contributed by atoms with van der Waals surface area (Å²) < 4.78 is 18.8. The lowest BCUT2D eigenvalue weighted by Gasteiger charge is -2.03. The summed E-state index contributed by atoms with van der Waals surface area (Å²) in [7, 11) is 1.55. The van der Waals surface area contributed by atoms with Gasteiger partial charge in [-0.05, 0) is 42.0 Å². The lowest BCUT2D eigenvalue weighted by molar-refractivity contribution is -0.110. The highest BCUT2D eigenvalue weighted by atomic mass is 19.1. The third-order valence-corrected chi connectivity index (χ3v) is 3.43. The molecule has 4 nitrogen and oxygen atoms in total. The Morgan fingerprint density at radius 2 is 2.09 bits per heavy atom. The standard InChI is InChI=1S/C17H11FN2O2/c1-22-12-4-5-16-13(8-12)14(17(21)20-16)6-10-2-3-11(9-19)15(18)7-10/h2-8H,1H3,(H,20,21)/b14-6+. The molecule has 0 fully saturated rings. The third-order valence-electron chi connectivity index (χ3n) is 3.43. The molecule has 1 N–H and O–H groups in total. The molecule has 0 saturated carbocycles. The Kier molecular flexibility index (Phi) is 3.36. The molecule has 3 rings (SSSR count). The van der Waals surface area contributed by atoms with Gasteiger partial charge in [-0.15, -0.1) is 0 Å². The second-order valence-electron chi connectivity index (χ2n) is 4.77. The van der Waals surface area contributed by atoms with Gasteiger partial charge in [0.05, 0.1) is 12.7 Å². The maximum Gasteiger partial charge on any atom is 0.256 e. The largest absolute Gasteiger partial charge is 0.497 e. The summed E-state index contributed by atoms with van der Waals surface area (Å²) in [6.45, 7) is 0. The van der Waals surface area contributed by atoms with Crippen LogP contribution in [0, 0.1) is 17.1 Å². The van der Waals surface area contributed by atoms with Crippen molar-refractivity contribution in [2.45, 2.75) is 0 Å². The summed E-state index contributed by atoms with van der Waals surface area (Å²) in [6, 6.07) is 11.2. The Hall–Kier alpha value is -3.13. The van der Waals surface area contributed by atoms with Crippen molar-refractivity contribution in [2.75, 3.05) is 12.4 Å². The predicted octanol–water partition coefficient (Wildman–Crippen LogP) is 3.20. The number of carbonyl (C=O) groups is 1. The van der Waals surface area contributed by atoms with Crippen LogP contribution >= 0.6 is 0 Å². The van der Waals surface area contributed by atoms with E-state index in [-0.39, 0.29) is 11.5 Å². The number of fused-ring (bicyclic) bond motifs is 1. The Morgan fingerprint density at radius 3 is 2.77 bits per heavy atom.